The van der Waals surface area contributed by atoms with E-state index in [1.165, 1.54) is 17.6 Å². The molecule has 7 atom stereocenters. The highest BCUT2D eigenvalue weighted by atomic mass is 32.1. The molecule has 12 heteroatoms. The average Bonchev–Trinajstić information content (AvgIpc) is 3.46. The van der Waals surface area contributed by atoms with Gasteiger partial charge >= 0.3 is 11.9 Å². The van der Waals surface area contributed by atoms with Crippen molar-refractivity contribution in [1.29, 1.82) is 0 Å². The second-order valence-corrected chi connectivity index (χ2v) is 15.3. The molecular weight excluding hydrogens is 721 g/mol. The van der Waals surface area contributed by atoms with Gasteiger partial charge < -0.3 is 33.6 Å². The zero-order chi connectivity index (χ0) is 40.6. The Bertz CT molecular complexity index is 1730. The Morgan fingerprint density at radius 3 is 2.00 bits per heavy atom. The van der Waals surface area contributed by atoms with E-state index in [1.54, 1.807) is 36.8 Å². The molecule has 0 bridgehead atoms. The number of carbonyl (C=O) groups excluding carboxylic acids is 2. The lowest BCUT2D eigenvalue weighted by molar-refractivity contribution is -0.0461. The molecule has 2 aromatic heterocycles. The van der Waals surface area contributed by atoms with Crippen LogP contribution < -0.4 is 0 Å². The van der Waals surface area contributed by atoms with Crippen LogP contribution >= 0.6 is 11.3 Å². The number of nitrogens with zero attached hydrogens (tertiary/aromatic N) is 2. The number of hydrogen-bond donors (Lipinski definition) is 2. The number of thiazole rings is 1. The Morgan fingerprint density at radius 1 is 0.855 bits per heavy atom. The van der Waals surface area contributed by atoms with Crippen molar-refractivity contribution in [3.63, 3.8) is 0 Å². The lowest BCUT2D eigenvalue weighted by Crippen LogP contribution is -2.42. The molecule has 300 valence electrons. The molecular formula is C43H58N2O9S. The number of ether oxygens (including phenoxy) is 4. The Labute approximate surface area is 329 Å². The van der Waals surface area contributed by atoms with Gasteiger partial charge in [0.25, 0.3) is 0 Å². The third kappa shape index (κ3) is 13.8. The molecule has 11 nitrogen and oxygen atoms in total. The second kappa shape index (κ2) is 21.8. The van der Waals surface area contributed by atoms with Crippen molar-refractivity contribution in [2.75, 3.05) is 7.11 Å². The molecule has 2 N–H and O–H groups in total. The van der Waals surface area contributed by atoms with Crippen molar-refractivity contribution in [2.45, 2.75) is 117 Å². The highest BCUT2D eigenvalue weighted by Gasteiger charge is 2.39. The highest BCUT2D eigenvalue weighted by molar-refractivity contribution is 7.10. The average molecular weight is 779 g/mol. The zero-order valence-electron chi connectivity index (χ0n) is 33.5. The number of allylic oxidation sites excluding steroid dienone is 7. The second-order valence-electron chi connectivity index (χ2n) is 14.5. The van der Waals surface area contributed by atoms with Gasteiger partial charge in [0, 0.05) is 36.2 Å². The van der Waals surface area contributed by atoms with E-state index in [1.807, 2.05) is 116 Å². The minimum atomic E-state index is -0.839. The van der Waals surface area contributed by atoms with Crippen LogP contribution in [0, 0.1) is 10.8 Å². The summed E-state index contributed by atoms with van der Waals surface area (Å²) in [5, 5.41) is 24.0. The molecule has 0 saturated carbocycles. The summed E-state index contributed by atoms with van der Waals surface area (Å²) >= 11 is 1.36. The molecule has 0 spiro atoms. The Hall–Kier alpha value is -4.20. The first kappa shape index (κ1) is 45.2. The Balaban J connectivity index is 1.60. The number of aromatic nitrogens is 2. The molecule has 2 aromatic rings. The van der Waals surface area contributed by atoms with Crippen LogP contribution in [-0.4, -0.2) is 82.0 Å². The lowest BCUT2D eigenvalue weighted by Gasteiger charge is -2.36. The Morgan fingerprint density at radius 2 is 1.44 bits per heavy atom. The van der Waals surface area contributed by atoms with E-state index < -0.39 is 53.3 Å². The fourth-order valence-electron chi connectivity index (χ4n) is 5.47. The predicted octanol–water partition coefficient (Wildman–Crippen LogP) is 8.19. The number of methoxy groups -OCH3 is 1. The summed E-state index contributed by atoms with van der Waals surface area (Å²) in [6.45, 7) is 14.9. The van der Waals surface area contributed by atoms with Gasteiger partial charge in [0.15, 0.2) is 17.3 Å². The molecule has 1 aliphatic heterocycles. The van der Waals surface area contributed by atoms with Gasteiger partial charge in [-0.2, -0.15) is 0 Å². The summed E-state index contributed by atoms with van der Waals surface area (Å²) in [4.78, 5) is 34.9. The Kier molecular flexibility index (Phi) is 17.9. The van der Waals surface area contributed by atoms with Crippen molar-refractivity contribution in [1.82, 2.24) is 9.97 Å². The molecule has 0 amide bonds. The van der Waals surface area contributed by atoms with Crippen LogP contribution in [0.5, 0.6) is 0 Å². The fourth-order valence-corrected chi connectivity index (χ4v) is 6.21. The number of oxazole rings is 1. The molecule has 1 saturated heterocycles. The SMILES string of the molecule is C/C=C\c1nc(C(=O)O[C@@H](C\C=C/C=C\C=C\[C@@H](Cc2nc(C(=O)O[C@@H](C/C=C\[C@H]3O[C@H]3C)C(C)(C)[C@@H](O)/C=C/C)co2)OC)C(C)(C)[C@@H](O)/C=C/C)cs1. The topological polar surface area (TPSA) is 154 Å². The highest BCUT2D eigenvalue weighted by Crippen LogP contribution is 2.34. The van der Waals surface area contributed by atoms with Crippen LogP contribution in [0.15, 0.2) is 95.0 Å². The summed E-state index contributed by atoms with van der Waals surface area (Å²) in [5.41, 5.74) is -1.31. The monoisotopic (exact) mass is 778 g/mol. The number of epoxide rings is 1. The summed E-state index contributed by atoms with van der Waals surface area (Å²) in [6, 6.07) is 0. The van der Waals surface area contributed by atoms with E-state index in [0.717, 1.165) is 0 Å². The number of rotatable bonds is 22. The standard InChI is InChI=1S/C43H58N2O9S/c1-10-19-34(46)42(5,6)36(54-41(49)32-28-55-39(45-32)21-12-3)24-17-15-13-14-16-22-30(50-9)26-38-44-31(27-51-38)40(48)53-37(25-18-23-33-29(4)52-33)43(7,8)35(47)20-11-2/h10-23,27-30,33-37,46-47H,24-26H2,1-9H3/b14-13-,17-15-,19-10+,20-11+,21-12-,22-16+,23-18-/t29-,30-,33+,34-,35-,36-,37-/m0/s1. The van der Waals surface area contributed by atoms with Crippen LogP contribution in [-0.2, 0) is 25.4 Å². The van der Waals surface area contributed by atoms with Crippen LogP contribution in [0.2, 0.25) is 0 Å². The minimum Gasteiger partial charge on any atom is -0.457 e. The maximum atomic E-state index is 13.2. The van der Waals surface area contributed by atoms with E-state index in [-0.39, 0.29) is 30.0 Å². The molecule has 0 aliphatic carbocycles. The molecule has 1 aliphatic rings. The zero-order valence-corrected chi connectivity index (χ0v) is 34.3. The van der Waals surface area contributed by atoms with Crippen LogP contribution in [0.1, 0.15) is 100 Å². The van der Waals surface area contributed by atoms with Crippen LogP contribution in [0.3, 0.4) is 0 Å². The van der Waals surface area contributed by atoms with Crippen molar-refractivity contribution in [2.24, 2.45) is 10.8 Å². The maximum Gasteiger partial charge on any atom is 0.360 e. The third-order valence-electron chi connectivity index (χ3n) is 9.49. The van der Waals surface area contributed by atoms with Crippen molar-refractivity contribution in [3.8, 4) is 0 Å². The van der Waals surface area contributed by atoms with Crippen molar-refractivity contribution >= 4 is 29.4 Å². The van der Waals surface area contributed by atoms with Gasteiger partial charge in [-0.25, -0.2) is 19.6 Å². The van der Waals surface area contributed by atoms with E-state index in [9.17, 15) is 19.8 Å². The van der Waals surface area contributed by atoms with E-state index >= 15 is 0 Å². The molecule has 0 unspecified atom stereocenters. The van der Waals surface area contributed by atoms with Gasteiger partial charge in [0.2, 0.25) is 0 Å². The van der Waals surface area contributed by atoms with E-state index in [0.29, 0.717) is 23.7 Å². The summed E-state index contributed by atoms with van der Waals surface area (Å²) < 4.78 is 28.5. The molecule has 0 aromatic carbocycles. The number of hydrogen-bond acceptors (Lipinski definition) is 12. The first-order valence-corrected chi connectivity index (χ1v) is 19.5. The van der Waals surface area contributed by atoms with Gasteiger partial charge in [0.1, 0.15) is 29.6 Å². The van der Waals surface area contributed by atoms with E-state index in [4.69, 9.17) is 23.4 Å². The van der Waals surface area contributed by atoms with Gasteiger partial charge in [-0.05, 0) is 33.8 Å². The lowest BCUT2D eigenvalue weighted by atomic mass is 9.79. The first-order valence-electron chi connectivity index (χ1n) is 18.6. The van der Waals surface area contributed by atoms with Gasteiger partial charge in [-0.15, -0.1) is 11.3 Å². The largest absolute Gasteiger partial charge is 0.457 e. The molecule has 3 rings (SSSR count). The number of aliphatic hydroxyl groups is 2. The molecule has 0 radical (unpaired) electrons. The van der Waals surface area contributed by atoms with Gasteiger partial charge in [0.05, 0.1) is 30.8 Å². The fraction of sp³-hybridized carbons (Fsp3) is 0.488. The quantitative estimate of drug-likeness (QED) is 0.0515. The molecule has 3 heterocycles. The van der Waals surface area contributed by atoms with E-state index in [2.05, 4.69) is 9.97 Å². The van der Waals surface area contributed by atoms with Crippen molar-refractivity contribution < 1.29 is 43.2 Å². The van der Waals surface area contributed by atoms with Crippen LogP contribution in [0.4, 0.5) is 0 Å². The normalized spacial score (nSPS) is 19.8. The first-order chi connectivity index (χ1) is 26.2. The molecule has 1 fully saturated rings. The predicted molar refractivity (Wildman–Crippen MR) is 216 cm³/mol. The smallest absolute Gasteiger partial charge is 0.360 e. The number of esters is 2. The summed E-state index contributed by atoms with van der Waals surface area (Å²) in [6.07, 6.45) is 24.6. The molecule has 55 heavy (non-hydrogen) atoms. The number of carbonyl (C=O) groups is 2. The maximum absolute atomic E-state index is 13.2. The summed E-state index contributed by atoms with van der Waals surface area (Å²) in [5.74, 6) is -0.890. The summed E-state index contributed by atoms with van der Waals surface area (Å²) in [7, 11) is 1.57. The number of aliphatic hydroxyl groups excluding tert-OH is 2. The van der Waals surface area contributed by atoms with Gasteiger partial charge in [-0.1, -0.05) is 107 Å². The van der Waals surface area contributed by atoms with Crippen LogP contribution in [0.25, 0.3) is 6.08 Å². The van der Waals surface area contributed by atoms with Crippen molar-refractivity contribution in [3.05, 3.63) is 113 Å². The minimum absolute atomic E-state index is 0.0266. The van der Waals surface area contributed by atoms with Gasteiger partial charge in [-0.3, -0.25) is 0 Å². The third-order valence-corrected chi connectivity index (χ3v) is 10.3.